The minimum absolute atomic E-state index is 0.588. The van der Waals surface area contributed by atoms with Gasteiger partial charge >= 0.3 is 0 Å². The number of hydrogen-bond acceptors (Lipinski definition) is 4. The minimum Gasteiger partial charge on any atom is -0.497 e. The molecule has 4 nitrogen and oxygen atoms in total. The van der Waals surface area contributed by atoms with Crippen molar-refractivity contribution in [3.8, 4) is 34.1 Å². The Morgan fingerprint density at radius 3 is 2.04 bits per heavy atom. The maximum absolute atomic E-state index is 5.71. The van der Waals surface area contributed by atoms with E-state index in [1.54, 1.807) is 28.4 Å². The van der Waals surface area contributed by atoms with E-state index >= 15 is 0 Å². The Bertz CT molecular complexity index is 713. The van der Waals surface area contributed by atoms with Crippen molar-refractivity contribution in [1.82, 2.24) is 0 Å². The summed E-state index contributed by atoms with van der Waals surface area (Å²) in [7, 11) is 6.55. The van der Waals surface area contributed by atoms with Gasteiger partial charge in [0.15, 0.2) is 11.5 Å². The van der Waals surface area contributed by atoms with Gasteiger partial charge in [-0.25, -0.2) is 0 Å². The molecule has 0 unspecified atom stereocenters. The minimum atomic E-state index is 0.588. The highest BCUT2D eigenvalue weighted by molar-refractivity contribution is 9.08. The third-order valence-corrected chi connectivity index (χ3v) is 4.63. The lowest BCUT2D eigenvalue weighted by molar-refractivity contribution is 0.325. The summed E-state index contributed by atoms with van der Waals surface area (Å²) in [5.41, 5.74) is 4.34. The van der Waals surface area contributed by atoms with E-state index in [2.05, 4.69) is 28.9 Å². The summed E-state index contributed by atoms with van der Waals surface area (Å²) in [6.45, 7) is 2.13. The number of aryl methyl sites for hydroxylation is 1. The molecule has 0 saturated carbocycles. The van der Waals surface area contributed by atoms with Crippen molar-refractivity contribution in [3.05, 3.63) is 35.4 Å². The van der Waals surface area contributed by atoms with Crippen LogP contribution in [-0.4, -0.2) is 28.4 Å². The Hall–Kier alpha value is -1.88. The van der Waals surface area contributed by atoms with Crippen LogP contribution in [0.3, 0.4) is 0 Å². The summed E-state index contributed by atoms with van der Waals surface area (Å²) in [5, 5.41) is 0.666. The van der Waals surface area contributed by atoms with Crippen LogP contribution in [-0.2, 0) is 11.8 Å². The smallest absolute Gasteiger partial charge is 0.203 e. The average Bonchev–Trinajstić information content (AvgIpc) is 2.65. The highest BCUT2D eigenvalue weighted by Gasteiger charge is 2.23. The number of methoxy groups -OCH3 is 4. The lowest BCUT2D eigenvalue weighted by atomic mass is 9.93. The zero-order valence-electron chi connectivity index (χ0n) is 14.7. The molecular weight excluding hydrogens is 372 g/mol. The van der Waals surface area contributed by atoms with E-state index in [0.717, 1.165) is 28.9 Å². The number of alkyl halides is 1. The SMILES string of the molecule is CCc1ccc(OC)cc1-c1c(CBr)cc(OC)c(OC)c1OC. The van der Waals surface area contributed by atoms with Crippen molar-refractivity contribution in [1.29, 1.82) is 0 Å². The van der Waals surface area contributed by atoms with Gasteiger partial charge in [0.1, 0.15) is 5.75 Å². The molecule has 0 amide bonds. The van der Waals surface area contributed by atoms with Crippen molar-refractivity contribution in [3.63, 3.8) is 0 Å². The molecule has 24 heavy (non-hydrogen) atoms. The molecular formula is C19H23BrO4. The summed E-state index contributed by atoms with van der Waals surface area (Å²) >= 11 is 3.58. The fourth-order valence-corrected chi connectivity index (χ4v) is 3.27. The Balaban J connectivity index is 2.87. The monoisotopic (exact) mass is 394 g/mol. The molecule has 0 bridgehead atoms. The summed E-state index contributed by atoms with van der Waals surface area (Å²) in [4.78, 5) is 0. The summed E-state index contributed by atoms with van der Waals surface area (Å²) in [5.74, 6) is 2.70. The maximum atomic E-state index is 5.71. The van der Waals surface area contributed by atoms with Gasteiger partial charge in [-0.2, -0.15) is 0 Å². The largest absolute Gasteiger partial charge is 0.497 e. The molecule has 0 fully saturated rings. The molecule has 2 rings (SSSR count). The fourth-order valence-electron chi connectivity index (χ4n) is 2.83. The Labute approximate surface area is 151 Å². The van der Waals surface area contributed by atoms with Crippen molar-refractivity contribution < 1.29 is 18.9 Å². The van der Waals surface area contributed by atoms with Gasteiger partial charge in [-0.1, -0.05) is 28.9 Å². The topological polar surface area (TPSA) is 36.9 Å². The van der Waals surface area contributed by atoms with E-state index in [1.807, 2.05) is 18.2 Å². The zero-order valence-corrected chi connectivity index (χ0v) is 16.3. The van der Waals surface area contributed by atoms with Gasteiger partial charge in [0, 0.05) is 10.9 Å². The van der Waals surface area contributed by atoms with Crippen LogP contribution >= 0.6 is 15.9 Å². The van der Waals surface area contributed by atoms with E-state index in [4.69, 9.17) is 18.9 Å². The number of halogens is 1. The molecule has 2 aromatic carbocycles. The number of ether oxygens (including phenoxy) is 4. The van der Waals surface area contributed by atoms with Crippen LogP contribution in [0.25, 0.3) is 11.1 Å². The maximum Gasteiger partial charge on any atom is 0.203 e. The molecule has 130 valence electrons. The lowest BCUT2D eigenvalue weighted by Crippen LogP contribution is -2.02. The van der Waals surface area contributed by atoms with Crippen LogP contribution in [0.15, 0.2) is 24.3 Å². The van der Waals surface area contributed by atoms with E-state index in [1.165, 1.54) is 5.56 Å². The van der Waals surface area contributed by atoms with E-state index < -0.39 is 0 Å². The zero-order chi connectivity index (χ0) is 17.7. The van der Waals surface area contributed by atoms with E-state index in [0.29, 0.717) is 22.6 Å². The summed E-state index contributed by atoms with van der Waals surface area (Å²) in [6.07, 6.45) is 0.901. The second-order valence-corrected chi connectivity index (χ2v) is 5.75. The quantitative estimate of drug-likeness (QED) is 0.629. The molecule has 2 aromatic rings. The van der Waals surface area contributed by atoms with Gasteiger partial charge in [-0.15, -0.1) is 0 Å². The van der Waals surface area contributed by atoms with Gasteiger partial charge in [0.2, 0.25) is 5.75 Å². The van der Waals surface area contributed by atoms with Crippen LogP contribution < -0.4 is 18.9 Å². The molecule has 0 radical (unpaired) electrons. The highest BCUT2D eigenvalue weighted by Crippen LogP contribution is 2.48. The molecule has 0 aliphatic heterocycles. The molecule has 5 heteroatoms. The second-order valence-electron chi connectivity index (χ2n) is 5.19. The molecule has 0 aromatic heterocycles. The first kappa shape index (κ1) is 18.5. The molecule has 0 spiro atoms. The van der Waals surface area contributed by atoms with Crippen LogP contribution in [0.5, 0.6) is 23.0 Å². The van der Waals surface area contributed by atoms with Crippen LogP contribution in [0, 0.1) is 0 Å². The number of hydrogen-bond donors (Lipinski definition) is 0. The summed E-state index contributed by atoms with van der Waals surface area (Å²) in [6, 6.07) is 8.07. The standard InChI is InChI=1S/C19H23BrO4/c1-6-12-7-8-14(21-2)10-15(12)17-13(11-20)9-16(22-3)18(23-4)19(17)24-5/h7-10H,6,11H2,1-5H3. The highest BCUT2D eigenvalue weighted by atomic mass is 79.9. The molecule has 0 saturated heterocycles. The van der Waals surface area contributed by atoms with E-state index in [9.17, 15) is 0 Å². The first-order valence-corrected chi connectivity index (χ1v) is 8.82. The molecule has 0 aliphatic carbocycles. The van der Waals surface area contributed by atoms with Crippen LogP contribution in [0.2, 0.25) is 0 Å². The lowest BCUT2D eigenvalue weighted by Gasteiger charge is -2.21. The molecule has 0 aliphatic rings. The second kappa shape index (κ2) is 8.29. The number of benzene rings is 2. The average molecular weight is 395 g/mol. The Morgan fingerprint density at radius 1 is 0.833 bits per heavy atom. The van der Waals surface area contributed by atoms with Crippen molar-refractivity contribution in [2.75, 3.05) is 28.4 Å². The third kappa shape index (κ3) is 3.31. The first-order chi connectivity index (χ1) is 11.6. The van der Waals surface area contributed by atoms with Gasteiger partial charge in [0.25, 0.3) is 0 Å². The van der Waals surface area contributed by atoms with Crippen molar-refractivity contribution in [2.24, 2.45) is 0 Å². The Morgan fingerprint density at radius 2 is 1.54 bits per heavy atom. The molecule has 0 N–H and O–H groups in total. The molecule has 0 heterocycles. The van der Waals surface area contributed by atoms with E-state index in [-0.39, 0.29) is 0 Å². The van der Waals surface area contributed by atoms with Crippen LogP contribution in [0.4, 0.5) is 0 Å². The van der Waals surface area contributed by atoms with Gasteiger partial charge < -0.3 is 18.9 Å². The van der Waals surface area contributed by atoms with Gasteiger partial charge in [-0.05, 0) is 41.3 Å². The normalized spacial score (nSPS) is 10.4. The third-order valence-electron chi connectivity index (χ3n) is 4.02. The fraction of sp³-hybridized carbons (Fsp3) is 0.368. The molecule has 0 atom stereocenters. The van der Waals surface area contributed by atoms with Crippen molar-refractivity contribution in [2.45, 2.75) is 18.7 Å². The van der Waals surface area contributed by atoms with Crippen molar-refractivity contribution >= 4 is 15.9 Å². The predicted octanol–water partition coefficient (Wildman–Crippen LogP) is 4.85. The predicted molar refractivity (Wildman–Crippen MR) is 100 cm³/mol. The van der Waals surface area contributed by atoms with Gasteiger partial charge in [-0.3, -0.25) is 0 Å². The van der Waals surface area contributed by atoms with Crippen LogP contribution in [0.1, 0.15) is 18.1 Å². The van der Waals surface area contributed by atoms with Gasteiger partial charge in [0.05, 0.1) is 28.4 Å². The first-order valence-electron chi connectivity index (χ1n) is 7.70. The number of rotatable bonds is 7. The summed E-state index contributed by atoms with van der Waals surface area (Å²) < 4.78 is 22.1. The Kier molecular flexibility index (Phi) is 6.37.